The van der Waals surface area contributed by atoms with E-state index in [0.717, 1.165) is 30.6 Å². The van der Waals surface area contributed by atoms with Crippen LogP contribution >= 0.6 is 0 Å². The molecule has 0 aliphatic carbocycles. The number of ketones is 1. The van der Waals surface area contributed by atoms with Crippen LogP contribution < -0.4 is 4.74 Å². The fourth-order valence-electron chi connectivity index (χ4n) is 2.09. The summed E-state index contributed by atoms with van der Waals surface area (Å²) in [4.78, 5) is 11.9. The maximum atomic E-state index is 11.9. The number of hydrogen-bond acceptors (Lipinski definition) is 2. The molecule has 0 bridgehead atoms. The first kappa shape index (κ1) is 15.7. The normalized spacial score (nSPS) is 10.4. The summed E-state index contributed by atoms with van der Waals surface area (Å²) in [6.07, 6.45) is 8.84. The molecule has 0 saturated heterocycles. The van der Waals surface area contributed by atoms with Crippen molar-refractivity contribution in [1.82, 2.24) is 0 Å². The topological polar surface area (TPSA) is 26.3 Å². The maximum Gasteiger partial charge on any atom is 0.162 e. The first-order valence-corrected chi connectivity index (χ1v) is 7.24. The molecule has 1 rings (SSSR count). The molecule has 0 atom stereocenters. The number of rotatable bonds is 10. The molecule has 1 aromatic rings. The van der Waals surface area contributed by atoms with Gasteiger partial charge >= 0.3 is 0 Å². The van der Waals surface area contributed by atoms with E-state index in [-0.39, 0.29) is 5.78 Å². The molecule has 105 valence electrons. The van der Waals surface area contributed by atoms with E-state index < -0.39 is 0 Å². The van der Waals surface area contributed by atoms with Crippen LogP contribution in [0.3, 0.4) is 0 Å². The van der Waals surface area contributed by atoms with Crippen molar-refractivity contribution < 1.29 is 9.53 Å². The van der Waals surface area contributed by atoms with E-state index >= 15 is 0 Å². The highest BCUT2D eigenvalue weighted by molar-refractivity contribution is 5.96. The molecular formula is C17H25O2. The largest absolute Gasteiger partial charge is 0.497 e. The van der Waals surface area contributed by atoms with E-state index in [1.807, 2.05) is 24.3 Å². The Kier molecular flexibility index (Phi) is 7.95. The van der Waals surface area contributed by atoms with Crippen LogP contribution in [-0.2, 0) is 0 Å². The lowest BCUT2D eigenvalue weighted by molar-refractivity contribution is 0.0979. The van der Waals surface area contributed by atoms with Crippen LogP contribution in [0.5, 0.6) is 5.75 Å². The van der Waals surface area contributed by atoms with E-state index in [1.54, 1.807) is 7.11 Å². The Balaban J connectivity index is 2.16. The number of carbonyl (C=O) groups excluding carboxylic acids is 1. The lowest BCUT2D eigenvalue weighted by Gasteiger charge is -2.03. The fraction of sp³-hybridized carbons (Fsp3) is 0.529. The number of methoxy groups -OCH3 is 1. The lowest BCUT2D eigenvalue weighted by Crippen LogP contribution is -1.98. The minimum absolute atomic E-state index is 0.236. The molecule has 19 heavy (non-hydrogen) atoms. The molecule has 2 nitrogen and oxygen atoms in total. The van der Waals surface area contributed by atoms with Crippen molar-refractivity contribution in [2.24, 2.45) is 0 Å². The molecule has 0 aliphatic rings. The van der Waals surface area contributed by atoms with Gasteiger partial charge in [-0.15, -0.1) is 0 Å². The molecule has 0 fully saturated rings. The van der Waals surface area contributed by atoms with E-state index in [0.29, 0.717) is 6.42 Å². The molecule has 0 spiro atoms. The van der Waals surface area contributed by atoms with Gasteiger partial charge in [0, 0.05) is 12.0 Å². The number of ether oxygens (including phenoxy) is 1. The molecule has 0 unspecified atom stereocenters. The third-order valence-electron chi connectivity index (χ3n) is 3.32. The monoisotopic (exact) mass is 261 g/mol. The van der Waals surface area contributed by atoms with Crippen molar-refractivity contribution in [3.8, 4) is 5.75 Å². The second-order valence-corrected chi connectivity index (χ2v) is 4.88. The van der Waals surface area contributed by atoms with Crippen molar-refractivity contribution >= 4 is 5.78 Å². The highest BCUT2D eigenvalue weighted by atomic mass is 16.5. The molecule has 0 heterocycles. The van der Waals surface area contributed by atoms with Crippen LogP contribution in [0.2, 0.25) is 0 Å². The molecule has 2 heteroatoms. The van der Waals surface area contributed by atoms with E-state index in [9.17, 15) is 4.79 Å². The highest BCUT2D eigenvalue weighted by Crippen LogP contribution is 2.15. The van der Waals surface area contributed by atoms with Gasteiger partial charge in [-0.1, -0.05) is 45.4 Å². The van der Waals surface area contributed by atoms with Crippen molar-refractivity contribution in [3.63, 3.8) is 0 Å². The molecule has 0 N–H and O–H groups in total. The second kappa shape index (κ2) is 9.60. The third-order valence-corrected chi connectivity index (χ3v) is 3.32. The van der Waals surface area contributed by atoms with Crippen molar-refractivity contribution in [1.29, 1.82) is 0 Å². The quantitative estimate of drug-likeness (QED) is 0.445. The summed E-state index contributed by atoms with van der Waals surface area (Å²) in [5, 5.41) is 0. The SMILES string of the molecule is [CH2]CCCCCCCCC(=O)c1ccc(OC)cc1. The van der Waals surface area contributed by atoms with Gasteiger partial charge < -0.3 is 4.74 Å². The lowest BCUT2D eigenvalue weighted by atomic mass is 10.0. The van der Waals surface area contributed by atoms with Crippen molar-refractivity contribution in [3.05, 3.63) is 36.8 Å². The Bertz CT molecular complexity index is 354. The predicted molar refractivity (Wildman–Crippen MR) is 79.6 cm³/mol. The number of Topliss-reactive ketones (excluding diaryl/α,β-unsaturated/α-hetero) is 1. The average molecular weight is 261 g/mol. The average Bonchev–Trinajstić information content (AvgIpc) is 2.46. The van der Waals surface area contributed by atoms with Crippen molar-refractivity contribution in [2.45, 2.75) is 51.4 Å². The number of carbonyl (C=O) groups is 1. The molecule has 1 aromatic carbocycles. The van der Waals surface area contributed by atoms with Gasteiger partial charge in [0.2, 0.25) is 0 Å². The summed E-state index contributed by atoms with van der Waals surface area (Å²) in [6, 6.07) is 7.36. The Morgan fingerprint density at radius 1 is 1.00 bits per heavy atom. The predicted octanol–water partition coefficient (Wildman–Crippen LogP) is 4.83. The zero-order chi connectivity index (χ0) is 13.9. The van der Waals surface area contributed by atoms with E-state index in [2.05, 4.69) is 6.92 Å². The Hall–Kier alpha value is -1.31. The Labute approximate surface area is 117 Å². The van der Waals surface area contributed by atoms with Gasteiger partial charge in [-0.3, -0.25) is 4.79 Å². The number of hydrogen-bond donors (Lipinski definition) is 0. The zero-order valence-electron chi connectivity index (χ0n) is 12.0. The van der Waals surface area contributed by atoms with Gasteiger partial charge in [-0.05, 0) is 30.7 Å². The number of unbranched alkanes of at least 4 members (excludes halogenated alkanes) is 6. The van der Waals surface area contributed by atoms with Crippen LogP contribution in [0.4, 0.5) is 0 Å². The maximum absolute atomic E-state index is 11.9. The molecule has 0 saturated carbocycles. The minimum atomic E-state index is 0.236. The van der Waals surface area contributed by atoms with E-state index in [1.165, 1.54) is 25.7 Å². The minimum Gasteiger partial charge on any atom is -0.497 e. The second-order valence-electron chi connectivity index (χ2n) is 4.88. The third kappa shape index (κ3) is 6.42. The van der Waals surface area contributed by atoms with Gasteiger partial charge in [0.15, 0.2) is 5.78 Å². The van der Waals surface area contributed by atoms with Crippen LogP contribution in [0.25, 0.3) is 0 Å². The first-order chi connectivity index (χ1) is 9.27. The van der Waals surface area contributed by atoms with E-state index in [4.69, 9.17) is 4.74 Å². The fourth-order valence-corrected chi connectivity index (χ4v) is 2.09. The molecule has 1 radical (unpaired) electrons. The van der Waals surface area contributed by atoms with Crippen LogP contribution in [0, 0.1) is 6.92 Å². The van der Waals surface area contributed by atoms with Crippen molar-refractivity contribution in [2.75, 3.05) is 7.11 Å². The molecule has 0 aliphatic heterocycles. The number of benzene rings is 1. The standard InChI is InChI=1S/C17H25O2/c1-3-4-5-6-7-8-9-10-17(18)15-11-13-16(19-2)14-12-15/h11-14H,1,3-10H2,2H3. The summed E-state index contributed by atoms with van der Waals surface area (Å²) in [5.41, 5.74) is 0.790. The van der Waals surface area contributed by atoms with Gasteiger partial charge in [-0.2, -0.15) is 0 Å². The molecular weight excluding hydrogens is 236 g/mol. The first-order valence-electron chi connectivity index (χ1n) is 7.24. The summed E-state index contributed by atoms with van der Waals surface area (Å²) in [5.74, 6) is 1.03. The highest BCUT2D eigenvalue weighted by Gasteiger charge is 2.05. The van der Waals surface area contributed by atoms with Gasteiger partial charge in [0.25, 0.3) is 0 Å². The van der Waals surface area contributed by atoms with Gasteiger partial charge in [0.1, 0.15) is 5.75 Å². The summed E-state index contributed by atoms with van der Waals surface area (Å²) < 4.78 is 5.08. The summed E-state index contributed by atoms with van der Waals surface area (Å²) in [7, 11) is 1.63. The van der Waals surface area contributed by atoms with Crippen LogP contribution in [0.1, 0.15) is 61.7 Å². The molecule has 0 amide bonds. The zero-order valence-corrected chi connectivity index (χ0v) is 12.0. The Morgan fingerprint density at radius 2 is 1.58 bits per heavy atom. The molecule has 0 aromatic heterocycles. The summed E-state index contributed by atoms with van der Waals surface area (Å²) in [6.45, 7) is 3.84. The van der Waals surface area contributed by atoms with Gasteiger partial charge in [0.05, 0.1) is 7.11 Å². The van der Waals surface area contributed by atoms with Crippen LogP contribution in [0.15, 0.2) is 24.3 Å². The Morgan fingerprint density at radius 3 is 2.16 bits per heavy atom. The van der Waals surface area contributed by atoms with Crippen LogP contribution in [-0.4, -0.2) is 12.9 Å². The summed E-state index contributed by atoms with van der Waals surface area (Å²) >= 11 is 0. The smallest absolute Gasteiger partial charge is 0.162 e. The van der Waals surface area contributed by atoms with Gasteiger partial charge in [-0.25, -0.2) is 0 Å².